The SMILES string of the molecule is Nc1c(-c2ccc(N(c3ccccc3)c3ccccc3)cc2)ccc(P(=O)(c2ccccc2)c2ccccc2)c1N. The predicted molar refractivity (Wildman–Crippen MR) is 175 cm³/mol. The van der Waals surface area contributed by atoms with Crippen molar-refractivity contribution in [1.29, 1.82) is 0 Å². The highest BCUT2D eigenvalue weighted by molar-refractivity contribution is 7.85. The van der Waals surface area contributed by atoms with Crippen molar-refractivity contribution in [2.75, 3.05) is 16.4 Å². The van der Waals surface area contributed by atoms with Crippen LogP contribution in [0.1, 0.15) is 0 Å². The number of hydrogen-bond donors (Lipinski definition) is 2. The largest absolute Gasteiger partial charge is 0.397 e. The summed E-state index contributed by atoms with van der Waals surface area (Å²) in [4.78, 5) is 2.21. The summed E-state index contributed by atoms with van der Waals surface area (Å²) in [5.74, 6) is 0. The quantitative estimate of drug-likeness (QED) is 0.158. The van der Waals surface area contributed by atoms with E-state index in [2.05, 4.69) is 41.3 Å². The highest BCUT2D eigenvalue weighted by Gasteiger charge is 2.32. The van der Waals surface area contributed by atoms with Gasteiger partial charge >= 0.3 is 0 Å². The third-order valence-electron chi connectivity index (χ3n) is 7.31. The van der Waals surface area contributed by atoms with Crippen LogP contribution in [0, 0.1) is 0 Å². The van der Waals surface area contributed by atoms with Crippen molar-refractivity contribution in [2.45, 2.75) is 0 Å². The first-order valence-corrected chi connectivity index (χ1v) is 15.2. The second-order valence-electron chi connectivity index (χ2n) is 9.79. The van der Waals surface area contributed by atoms with Crippen LogP contribution in [0.25, 0.3) is 11.1 Å². The molecule has 4 N–H and O–H groups in total. The number of hydrogen-bond acceptors (Lipinski definition) is 4. The molecule has 0 aromatic heterocycles. The monoisotopic (exact) mass is 551 g/mol. The van der Waals surface area contributed by atoms with Gasteiger partial charge in [0.1, 0.15) is 0 Å². The molecule has 0 radical (unpaired) electrons. The zero-order chi connectivity index (χ0) is 28.2. The lowest BCUT2D eigenvalue weighted by molar-refractivity contribution is 0.592. The maximum absolute atomic E-state index is 14.9. The van der Waals surface area contributed by atoms with Gasteiger partial charge in [-0.05, 0) is 48.0 Å². The van der Waals surface area contributed by atoms with Gasteiger partial charge in [0.05, 0.1) is 11.4 Å². The summed E-state index contributed by atoms with van der Waals surface area (Å²) in [7, 11) is -3.25. The number of rotatable bonds is 7. The first kappa shape index (κ1) is 26.2. The Balaban J connectivity index is 1.41. The van der Waals surface area contributed by atoms with E-state index in [0.717, 1.165) is 38.8 Å². The molecule has 200 valence electrons. The number of nitrogen functional groups attached to an aromatic ring is 2. The minimum absolute atomic E-state index is 0.345. The van der Waals surface area contributed by atoms with Gasteiger partial charge in [-0.3, -0.25) is 0 Å². The van der Waals surface area contributed by atoms with Crippen molar-refractivity contribution in [3.05, 3.63) is 158 Å². The van der Waals surface area contributed by atoms with Crippen LogP contribution in [0.4, 0.5) is 28.4 Å². The second-order valence-corrected chi connectivity index (χ2v) is 12.5. The standard InChI is InChI=1S/C36H30N3OP/c37-35-33(25-26-34(36(35)38)41(40,31-17-9-3-10-18-31)32-19-11-4-12-20-32)27-21-23-30(24-22-27)39(28-13-5-1-6-14-28)29-15-7-2-8-16-29/h1-26H,37-38H2. The Morgan fingerprint density at radius 1 is 0.439 bits per heavy atom. The van der Waals surface area contributed by atoms with E-state index in [-0.39, 0.29) is 0 Å². The second kappa shape index (κ2) is 11.2. The highest BCUT2D eigenvalue weighted by atomic mass is 31.2. The van der Waals surface area contributed by atoms with Crippen molar-refractivity contribution in [3.63, 3.8) is 0 Å². The van der Waals surface area contributed by atoms with Crippen LogP contribution < -0.4 is 32.3 Å². The summed E-state index contributed by atoms with van der Waals surface area (Å²) in [6.07, 6.45) is 0. The van der Waals surface area contributed by atoms with Crippen molar-refractivity contribution in [1.82, 2.24) is 0 Å². The van der Waals surface area contributed by atoms with E-state index in [1.807, 2.05) is 121 Å². The summed E-state index contributed by atoms with van der Waals surface area (Å²) >= 11 is 0. The third kappa shape index (κ3) is 4.91. The molecule has 41 heavy (non-hydrogen) atoms. The molecule has 0 aliphatic heterocycles. The Hall–Kier alpha value is -5.05. The maximum Gasteiger partial charge on any atom is 0.173 e. The Morgan fingerprint density at radius 2 is 0.854 bits per heavy atom. The molecule has 0 saturated heterocycles. The lowest BCUT2D eigenvalue weighted by Gasteiger charge is -2.26. The molecule has 6 aromatic rings. The Bertz CT molecular complexity index is 1730. The Labute approximate surface area is 240 Å². The van der Waals surface area contributed by atoms with Gasteiger partial charge < -0.3 is 20.9 Å². The van der Waals surface area contributed by atoms with E-state index >= 15 is 0 Å². The van der Waals surface area contributed by atoms with Gasteiger partial charge in [0.2, 0.25) is 0 Å². The normalized spacial score (nSPS) is 11.2. The molecule has 0 aliphatic carbocycles. The van der Waals surface area contributed by atoms with Crippen LogP contribution in [0.15, 0.2) is 158 Å². The minimum Gasteiger partial charge on any atom is -0.397 e. The van der Waals surface area contributed by atoms with Crippen LogP contribution in [0.3, 0.4) is 0 Å². The number of para-hydroxylation sites is 2. The molecule has 4 nitrogen and oxygen atoms in total. The molecule has 6 rings (SSSR count). The third-order valence-corrected chi connectivity index (χ3v) is 10.4. The van der Waals surface area contributed by atoms with Crippen molar-refractivity contribution in [2.24, 2.45) is 0 Å². The Kier molecular flexibility index (Phi) is 7.16. The summed E-state index contributed by atoms with van der Waals surface area (Å²) in [5.41, 5.74) is 19.1. The molecule has 0 spiro atoms. The van der Waals surface area contributed by atoms with E-state index in [1.165, 1.54) is 0 Å². The number of anilines is 5. The van der Waals surface area contributed by atoms with Gasteiger partial charge in [-0.1, -0.05) is 115 Å². The predicted octanol–water partition coefficient (Wildman–Crippen LogP) is 7.63. The molecule has 0 saturated carbocycles. The minimum atomic E-state index is -3.25. The molecular weight excluding hydrogens is 521 g/mol. The fourth-order valence-corrected chi connectivity index (χ4v) is 8.03. The van der Waals surface area contributed by atoms with E-state index < -0.39 is 7.14 Å². The molecule has 0 heterocycles. The maximum atomic E-state index is 14.9. The summed E-state index contributed by atoms with van der Waals surface area (Å²) < 4.78 is 14.9. The molecule has 0 aliphatic rings. The van der Waals surface area contributed by atoms with E-state index in [1.54, 1.807) is 0 Å². The van der Waals surface area contributed by atoms with Gasteiger partial charge in [-0.15, -0.1) is 0 Å². The molecule has 0 atom stereocenters. The van der Waals surface area contributed by atoms with E-state index in [0.29, 0.717) is 16.7 Å². The van der Waals surface area contributed by atoms with Gasteiger partial charge in [0, 0.05) is 38.5 Å². The molecule has 5 heteroatoms. The molecule has 0 amide bonds. The van der Waals surface area contributed by atoms with Crippen molar-refractivity contribution in [3.8, 4) is 11.1 Å². The van der Waals surface area contributed by atoms with Gasteiger partial charge in [-0.2, -0.15) is 0 Å². The summed E-state index contributed by atoms with van der Waals surface area (Å²) in [5, 5.41) is 1.99. The Morgan fingerprint density at radius 3 is 1.32 bits per heavy atom. The molecule has 0 unspecified atom stereocenters. The van der Waals surface area contributed by atoms with Crippen molar-refractivity contribution >= 4 is 51.5 Å². The average molecular weight is 552 g/mol. The highest BCUT2D eigenvalue weighted by Crippen LogP contribution is 2.46. The zero-order valence-electron chi connectivity index (χ0n) is 22.5. The first-order valence-electron chi connectivity index (χ1n) is 13.5. The van der Waals surface area contributed by atoms with Crippen LogP contribution in [-0.4, -0.2) is 0 Å². The van der Waals surface area contributed by atoms with E-state index in [9.17, 15) is 4.57 Å². The molecule has 0 fully saturated rings. The lowest BCUT2D eigenvalue weighted by atomic mass is 10.0. The van der Waals surface area contributed by atoms with Gasteiger partial charge in [0.25, 0.3) is 0 Å². The topological polar surface area (TPSA) is 72.3 Å². The van der Waals surface area contributed by atoms with Crippen LogP contribution >= 0.6 is 7.14 Å². The van der Waals surface area contributed by atoms with Gasteiger partial charge in [-0.25, -0.2) is 0 Å². The van der Waals surface area contributed by atoms with Crippen LogP contribution in [-0.2, 0) is 4.57 Å². The first-order chi connectivity index (χ1) is 20.1. The molecule has 0 bridgehead atoms. The van der Waals surface area contributed by atoms with Crippen LogP contribution in [0.5, 0.6) is 0 Å². The summed E-state index contributed by atoms with van der Waals surface area (Å²) in [6, 6.07) is 51.6. The lowest BCUT2D eigenvalue weighted by Crippen LogP contribution is -2.27. The number of nitrogens with two attached hydrogens (primary N) is 2. The smallest absolute Gasteiger partial charge is 0.173 e. The fraction of sp³-hybridized carbons (Fsp3) is 0. The molecule has 6 aromatic carbocycles. The number of benzene rings is 6. The molecular formula is C36H30N3OP. The number of nitrogens with zero attached hydrogens (tertiary/aromatic N) is 1. The zero-order valence-corrected chi connectivity index (χ0v) is 23.4. The van der Waals surface area contributed by atoms with E-state index in [4.69, 9.17) is 11.5 Å². The fourth-order valence-electron chi connectivity index (χ4n) is 5.25. The summed E-state index contributed by atoms with van der Waals surface area (Å²) in [6.45, 7) is 0. The van der Waals surface area contributed by atoms with Gasteiger partial charge in [0.15, 0.2) is 7.14 Å². The average Bonchev–Trinajstić information content (AvgIpc) is 3.04. The van der Waals surface area contributed by atoms with Crippen molar-refractivity contribution < 1.29 is 4.57 Å². The van der Waals surface area contributed by atoms with Crippen LogP contribution in [0.2, 0.25) is 0 Å².